The van der Waals surface area contributed by atoms with E-state index in [0.717, 1.165) is 0 Å². The number of rotatable bonds is 6. The molecule has 1 fully saturated rings. The number of nitrogens with zero attached hydrogens (tertiary/aromatic N) is 2. The van der Waals surface area contributed by atoms with Crippen molar-refractivity contribution in [3.63, 3.8) is 0 Å². The van der Waals surface area contributed by atoms with E-state index in [1.165, 1.54) is 36.4 Å². The lowest BCUT2D eigenvalue weighted by Crippen LogP contribution is -2.53. The third kappa shape index (κ3) is 6.07. The number of carbonyl (C=O) groups is 2. The normalized spacial score (nSPS) is 16.2. The molecule has 154 valence electrons. The summed E-state index contributed by atoms with van der Waals surface area (Å²) in [6, 6.07) is 11.1. The number of halogens is 2. The van der Waals surface area contributed by atoms with Crippen LogP contribution in [0.3, 0.4) is 0 Å². The van der Waals surface area contributed by atoms with E-state index >= 15 is 0 Å². The maximum absolute atomic E-state index is 13.2. The highest BCUT2D eigenvalue weighted by Gasteiger charge is 2.26. The van der Waals surface area contributed by atoms with Gasteiger partial charge >= 0.3 is 0 Å². The molecule has 1 aliphatic rings. The smallest absolute Gasteiger partial charge is 0.241 e. The first-order chi connectivity index (χ1) is 13.9. The van der Waals surface area contributed by atoms with Crippen LogP contribution in [-0.2, 0) is 9.59 Å². The van der Waals surface area contributed by atoms with Gasteiger partial charge in [0.2, 0.25) is 11.8 Å². The Bertz CT molecular complexity index is 852. The van der Waals surface area contributed by atoms with Crippen LogP contribution in [0, 0.1) is 11.6 Å². The van der Waals surface area contributed by atoms with Crippen molar-refractivity contribution in [1.29, 1.82) is 0 Å². The van der Waals surface area contributed by atoms with Gasteiger partial charge in [-0.1, -0.05) is 6.07 Å². The Hall–Kier alpha value is -2.84. The summed E-state index contributed by atoms with van der Waals surface area (Å²) >= 11 is 0. The summed E-state index contributed by atoms with van der Waals surface area (Å²) in [5, 5.41) is 5.47. The summed E-state index contributed by atoms with van der Waals surface area (Å²) in [6.07, 6.45) is 0. The summed E-state index contributed by atoms with van der Waals surface area (Å²) in [4.78, 5) is 28.6. The molecule has 29 heavy (non-hydrogen) atoms. The van der Waals surface area contributed by atoms with E-state index in [1.807, 2.05) is 16.7 Å². The molecule has 0 bridgehead atoms. The van der Waals surface area contributed by atoms with E-state index in [1.54, 1.807) is 12.1 Å². The lowest BCUT2D eigenvalue weighted by Gasteiger charge is -2.37. The van der Waals surface area contributed by atoms with E-state index in [2.05, 4.69) is 10.6 Å². The Balaban J connectivity index is 1.43. The van der Waals surface area contributed by atoms with Gasteiger partial charge in [0.1, 0.15) is 11.6 Å². The molecule has 1 aliphatic heterocycles. The van der Waals surface area contributed by atoms with Crippen LogP contribution in [-0.4, -0.2) is 60.4 Å². The molecule has 6 nitrogen and oxygen atoms in total. The molecule has 8 heteroatoms. The van der Waals surface area contributed by atoms with Crippen molar-refractivity contribution in [3.8, 4) is 0 Å². The maximum atomic E-state index is 13.2. The largest absolute Gasteiger partial charge is 0.325 e. The average Bonchev–Trinajstić information content (AvgIpc) is 2.69. The molecular weight excluding hydrogens is 378 g/mol. The Labute approximate surface area is 168 Å². The number of nitrogens with one attached hydrogen (secondary N) is 2. The molecule has 2 amide bonds. The maximum Gasteiger partial charge on any atom is 0.241 e. The van der Waals surface area contributed by atoms with Crippen LogP contribution in [0.4, 0.5) is 20.2 Å². The SMILES string of the molecule is C[C@H](C(=O)Nc1ccc(F)cc1)N1CCN(CC(=O)Nc2cccc(F)c2)CC1. The first-order valence-electron chi connectivity index (χ1n) is 9.49. The Kier molecular flexibility index (Phi) is 6.90. The molecule has 2 aromatic carbocycles. The average molecular weight is 402 g/mol. The minimum atomic E-state index is -0.399. The fraction of sp³-hybridized carbons (Fsp3) is 0.333. The van der Waals surface area contributed by atoms with Gasteiger partial charge in [0, 0.05) is 37.6 Å². The van der Waals surface area contributed by atoms with Crippen LogP contribution in [0.2, 0.25) is 0 Å². The Morgan fingerprint density at radius 3 is 2.28 bits per heavy atom. The molecule has 1 atom stereocenters. The van der Waals surface area contributed by atoms with Crippen LogP contribution in [0.25, 0.3) is 0 Å². The van der Waals surface area contributed by atoms with Crippen molar-refractivity contribution >= 4 is 23.2 Å². The minimum Gasteiger partial charge on any atom is -0.325 e. The molecule has 2 aromatic rings. The van der Waals surface area contributed by atoms with Crippen LogP contribution < -0.4 is 10.6 Å². The van der Waals surface area contributed by atoms with E-state index in [0.29, 0.717) is 37.6 Å². The van der Waals surface area contributed by atoms with Crippen LogP contribution in [0.1, 0.15) is 6.92 Å². The van der Waals surface area contributed by atoms with Crippen molar-refractivity contribution in [1.82, 2.24) is 9.80 Å². The summed E-state index contributed by atoms with van der Waals surface area (Å²) in [6.45, 7) is 4.61. The fourth-order valence-electron chi connectivity index (χ4n) is 3.22. The molecule has 2 N–H and O–H groups in total. The molecule has 0 aliphatic carbocycles. The van der Waals surface area contributed by atoms with Crippen LogP contribution in [0.5, 0.6) is 0 Å². The van der Waals surface area contributed by atoms with Gasteiger partial charge < -0.3 is 10.6 Å². The van der Waals surface area contributed by atoms with Gasteiger partial charge in [-0.25, -0.2) is 8.78 Å². The topological polar surface area (TPSA) is 64.7 Å². The zero-order valence-corrected chi connectivity index (χ0v) is 16.2. The number of amides is 2. The zero-order valence-electron chi connectivity index (χ0n) is 16.2. The van der Waals surface area contributed by atoms with Crippen molar-refractivity contribution in [2.45, 2.75) is 13.0 Å². The van der Waals surface area contributed by atoms with Gasteiger partial charge in [0.15, 0.2) is 0 Å². The number of hydrogen-bond acceptors (Lipinski definition) is 4. The highest BCUT2D eigenvalue weighted by Crippen LogP contribution is 2.13. The predicted molar refractivity (Wildman–Crippen MR) is 108 cm³/mol. The first-order valence-corrected chi connectivity index (χ1v) is 9.49. The predicted octanol–water partition coefficient (Wildman–Crippen LogP) is 2.55. The first kappa shape index (κ1) is 20.9. The number of anilines is 2. The second-order valence-electron chi connectivity index (χ2n) is 7.04. The van der Waals surface area contributed by atoms with E-state index in [-0.39, 0.29) is 30.2 Å². The molecule has 1 heterocycles. The second kappa shape index (κ2) is 9.58. The Morgan fingerprint density at radius 2 is 1.62 bits per heavy atom. The molecule has 0 radical (unpaired) electrons. The summed E-state index contributed by atoms with van der Waals surface area (Å²) in [5.41, 5.74) is 0.982. The van der Waals surface area contributed by atoms with Gasteiger partial charge in [-0.2, -0.15) is 0 Å². The molecule has 0 unspecified atom stereocenters. The number of carbonyl (C=O) groups excluding carboxylic acids is 2. The standard InChI is InChI=1S/C21H24F2N4O2/c1-15(21(29)25-18-7-5-16(22)6-8-18)27-11-9-26(10-12-27)14-20(28)24-19-4-2-3-17(23)13-19/h2-8,13,15H,9-12,14H2,1H3,(H,24,28)(H,25,29)/t15-/m1/s1. The molecule has 0 spiro atoms. The van der Waals surface area contributed by atoms with Gasteiger partial charge in [0.05, 0.1) is 12.6 Å². The minimum absolute atomic E-state index is 0.158. The second-order valence-corrected chi connectivity index (χ2v) is 7.04. The lowest BCUT2D eigenvalue weighted by molar-refractivity contribution is -0.122. The molecular formula is C21H24F2N4O2. The highest BCUT2D eigenvalue weighted by molar-refractivity contribution is 5.94. The number of piperazine rings is 1. The third-order valence-electron chi connectivity index (χ3n) is 4.92. The Morgan fingerprint density at radius 1 is 0.931 bits per heavy atom. The van der Waals surface area contributed by atoms with Crippen molar-refractivity contribution in [2.24, 2.45) is 0 Å². The molecule has 0 aromatic heterocycles. The zero-order chi connectivity index (χ0) is 20.8. The van der Waals surface area contributed by atoms with Crippen molar-refractivity contribution in [2.75, 3.05) is 43.4 Å². The number of hydrogen-bond donors (Lipinski definition) is 2. The van der Waals surface area contributed by atoms with E-state index in [9.17, 15) is 18.4 Å². The summed E-state index contributed by atoms with van der Waals surface area (Å²) in [5.74, 6) is -1.11. The number of benzene rings is 2. The fourth-order valence-corrected chi connectivity index (χ4v) is 3.22. The van der Waals surface area contributed by atoms with Crippen LogP contribution >= 0.6 is 0 Å². The van der Waals surface area contributed by atoms with E-state index < -0.39 is 5.82 Å². The van der Waals surface area contributed by atoms with Crippen molar-refractivity contribution in [3.05, 3.63) is 60.2 Å². The quantitative estimate of drug-likeness (QED) is 0.780. The third-order valence-corrected chi connectivity index (χ3v) is 4.92. The van der Waals surface area contributed by atoms with Crippen LogP contribution in [0.15, 0.2) is 48.5 Å². The summed E-state index contributed by atoms with van der Waals surface area (Å²) in [7, 11) is 0. The molecule has 0 saturated carbocycles. The van der Waals surface area contributed by atoms with Crippen molar-refractivity contribution < 1.29 is 18.4 Å². The van der Waals surface area contributed by atoms with Gasteiger partial charge in [-0.3, -0.25) is 19.4 Å². The van der Waals surface area contributed by atoms with E-state index in [4.69, 9.17) is 0 Å². The molecule has 1 saturated heterocycles. The highest BCUT2D eigenvalue weighted by atomic mass is 19.1. The van der Waals surface area contributed by atoms with Gasteiger partial charge in [-0.15, -0.1) is 0 Å². The van der Waals surface area contributed by atoms with Gasteiger partial charge in [-0.05, 0) is 49.4 Å². The lowest BCUT2D eigenvalue weighted by atomic mass is 10.2. The summed E-state index contributed by atoms with van der Waals surface area (Å²) < 4.78 is 26.2. The van der Waals surface area contributed by atoms with Gasteiger partial charge in [0.25, 0.3) is 0 Å². The molecule has 3 rings (SSSR count). The monoisotopic (exact) mass is 402 g/mol.